The van der Waals surface area contributed by atoms with Gasteiger partial charge in [0.15, 0.2) is 5.13 Å². The molecule has 0 saturated carbocycles. The van der Waals surface area contributed by atoms with Crippen molar-refractivity contribution in [2.75, 3.05) is 11.9 Å². The number of aryl methyl sites for hydroxylation is 1. The lowest BCUT2D eigenvalue weighted by Crippen LogP contribution is -2.29. The number of esters is 1. The smallest absolute Gasteiger partial charge is 0.311 e. The SMILES string of the molecule is CC(=O)Nc1nc2cc(C)c([C@H](COC(=O)C(C)(C)C)OC(C)(C)C)c(Br)c2s1. The van der Waals surface area contributed by atoms with Gasteiger partial charge < -0.3 is 14.8 Å². The maximum Gasteiger partial charge on any atom is 0.311 e. The topological polar surface area (TPSA) is 77.5 Å². The number of fused-ring (bicyclic) bond motifs is 1. The summed E-state index contributed by atoms with van der Waals surface area (Å²) in [5.41, 5.74) is 1.63. The third-order valence-corrected chi connectivity index (χ3v) is 6.04. The Morgan fingerprint density at radius 2 is 1.86 bits per heavy atom. The van der Waals surface area contributed by atoms with Crippen molar-refractivity contribution in [3.63, 3.8) is 0 Å². The van der Waals surface area contributed by atoms with Crippen LogP contribution in [0.25, 0.3) is 10.2 Å². The number of benzene rings is 1. The Morgan fingerprint density at radius 1 is 1.24 bits per heavy atom. The van der Waals surface area contributed by atoms with Gasteiger partial charge in [-0.1, -0.05) is 11.3 Å². The van der Waals surface area contributed by atoms with Gasteiger partial charge in [-0.15, -0.1) is 0 Å². The molecule has 1 amide bonds. The van der Waals surface area contributed by atoms with Gasteiger partial charge in [0.2, 0.25) is 5.91 Å². The van der Waals surface area contributed by atoms with Gasteiger partial charge in [0.05, 0.1) is 21.2 Å². The van der Waals surface area contributed by atoms with Gasteiger partial charge in [-0.25, -0.2) is 4.98 Å². The first-order valence-electron chi connectivity index (χ1n) is 9.41. The van der Waals surface area contributed by atoms with E-state index in [9.17, 15) is 9.59 Å². The lowest BCUT2D eigenvalue weighted by atomic mass is 9.97. The fourth-order valence-electron chi connectivity index (χ4n) is 2.74. The number of carbonyl (C=O) groups excluding carboxylic acids is 2. The second kappa shape index (κ2) is 8.70. The zero-order valence-corrected chi connectivity index (χ0v) is 20.6. The molecule has 0 spiro atoms. The number of hydrogen-bond donors (Lipinski definition) is 1. The number of nitrogens with one attached hydrogen (secondary N) is 1. The minimum Gasteiger partial charge on any atom is -0.462 e. The fourth-order valence-corrected chi connectivity index (χ4v) is 4.69. The lowest BCUT2D eigenvalue weighted by Gasteiger charge is -2.30. The molecular weight excluding hydrogens is 456 g/mol. The van der Waals surface area contributed by atoms with E-state index >= 15 is 0 Å². The van der Waals surface area contributed by atoms with Crippen molar-refractivity contribution in [1.29, 1.82) is 0 Å². The molecule has 0 unspecified atom stereocenters. The van der Waals surface area contributed by atoms with Crippen LogP contribution < -0.4 is 5.32 Å². The highest BCUT2D eigenvalue weighted by Crippen LogP contribution is 2.41. The van der Waals surface area contributed by atoms with Gasteiger partial charge >= 0.3 is 5.97 Å². The van der Waals surface area contributed by atoms with Crippen LogP contribution in [-0.2, 0) is 19.1 Å². The van der Waals surface area contributed by atoms with Gasteiger partial charge in [-0.05, 0) is 76.0 Å². The summed E-state index contributed by atoms with van der Waals surface area (Å²) >= 11 is 5.09. The van der Waals surface area contributed by atoms with E-state index in [2.05, 4.69) is 26.2 Å². The molecule has 0 bridgehead atoms. The predicted octanol–water partition coefficient (Wildman–Crippen LogP) is 5.77. The summed E-state index contributed by atoms with van der Waals surface area (Å²) in [4.78, 5) is 28.2. The summed E-state index contributed by atoms with van der Waals surface area (Å²) in [7, 11) is 0. The van der Waals surface area contributed by atoms with Crippen molar-refractivity contribution >= 4 is 54.5 Å². The first-order chi connectivity index (χ1) is 13.2. The Labute approximate surface area is 184 Å². The number of rotatable bonds is 5. The molecule has 1 heterocycles. The second-order valence-corrected chi connectivity index (χ2v) is 10.8. The van der Waals surface area contributed by atoms with E-state index in [1.54, 1.807) is 0 Å². The highest BCUT2D eigenvalue weighted by Gasteiger charge is 2.30. The Morgan fingerprint density at radius 3 is 2.38 bits per heavy atom. The molecule has 0 aliphatic carbocycles. The summed E-state index contributed by atoms with van der Waals surface area (Å²) in [6.45, 7) is 14.9. The molecule has 29 heavy (non-hydrogen) atoms. The van der Waals surface area contributed by atoms with E-state index in [1.165, 1.54) is 18.3 Å². The summed E-state index contributed by atoms with van der Waals surface area (Å²) in [5.74, 6) is -0.444. The molecule has 0 aliphatic rings. The average Bonchev–Trinajstić information content (AvgIpc) is 2.91. The first-order valence-corrected chi connectivity index (χ1v) is 11.0. The van der Waals surface area contributed by atoms with Crippen LogP contribution in [0.3, 0.4) is 0 Å². The second-order valence-electron chi connectivity index (χ2n) is 9.04. The molecule has 8 heteroatoms. The van der Waals surface area contributed by atoms with Crippen LogP contribution in [0.4, 0.5) is 5.13 Å². The Kier molecular flexibility index (Phi) is 7.13. The van der Waals surface area contributed by atoms with Crippen molar-refractivity contribution in [3.8, 4) is 0 Å². The number of anilines is 1. The quantitative estimate of drug-likeness (QED) is 0.544. The maximum atomic E-state index is 12.3. The molecule has 1 atom stereocenters. The highest BCUT2D eigenvalue weighted by molar-refractivity contribution is 9.10. The predicted molar refractivity (Wildman–Crippen MR) is 120 cm³/mol. The van der Waals surface area contributed by atoms with Gasteiger partial charge in [-0.2, -0.15) is 0 Å². The van der Waals surface area contributed by atoms with Gasteiger partial charge in [0, 0.05) is 17.0 Å². The molecule has 0 radical (unpaired) electrons. The van der Waals surface area contributed by atoms with Crippen LogP contribution in [0.1, 0.15) is 65.7 Å². The maximum absolute atomic E-state index is 12.3. The molecule has 1 N–H and O–H groups in total. The number of halogens is 1. The number of carbonyl (C=O) groups is 2. The zero-order valence-electron chi connectivity index (χ0n) is 18.2. The summed E-state index contributed by atoms with van der Waals surface area (Å²) in [5, 5.41) is 3.27. The van der Waals surface area contributed by atoms with Crippen molar-refractivity contribution in [1.82, 2.24) is 4.98 Å². The normalized spacial score (nSPS) is 13.4. The van der Waals surface area contributed by atoms with Crippen molar-refractivity contribution < 1.29 is 19.1 Å². The number of ether oxygens (including phenoxy) is 2. The van der Waals surface area contributed by atoms with Crippen LogP contribution >= 0.6 is 27.3 Å². The number of aromatic nitrogens is 1. The molecule has 160 valence electrons. The summed E-state index contributed by atoms with van der Waals surface area (Å²) in [6, 6.07) is 1.96. The molecule has 0 fully saturated rings. The summed E-state index contributed by atoms with van der Waals surface area (Å²) < 4.78 is 13.6. The van der Waals surface area contributed by atoms with Crippen LogP contribution in [0.15, 0.2) is 10.5 Å². The molecular formula is C21H29BrN2O4S. The molecule has 2 rings (SSSR count). The van der Waals surface area contributed by atoms with E-state index < -0.39 is 17.1 Å². The van der Waals surface area contributed by atoms with E-state index in [0.29, 0.717) is 5.13 Å². The van der Waals surface area contributed by atoms with E-state index in [-0.39, 0.29) is 18.5 Å². The number of hydrogen-bond acceptors (Lipinski definition) is 6. The summed E-state index contributed by atoms with van der Waals surface area (Å²) in [6.07, 6.45) is -0.452. The standard InChI is InChI=1S/C21H29BrN2O4S/c1-11-9-13-17(29-19(24-13)23-12(2)25)16(22)15(11)14(28-21(6,7)8)10-27-18(26)20(3,4)5/h9,14H,10H2,1-8H3,(H,23,24,25)/t14-/m0/s1. The van der Waals surface area contributed by atoms with Crippen LogP contribution in [0.5, 0.6) is 0 Å². The average molecular weight is 485 g/mol. The molecule has 2 aromatic rings. The molecule has 1 aromatic heterocycles. The zero-order chi connectivity index (χ0) is 22.1. The fraction of sp³-hybridized carbons (Fsp3) is 0.571. The van der Waals surface area contributed by atoms with Gasteiger partial charge in [-0.3, -0.25) is 9.59 Å². The number of amides is 1. The lowest BCUT2D eigenvalue weighted by molar-refractivity contribution is -0.162. The monoisotopic (exact) mass is 484 g/mol. The van der Waals surface area contributed by atoms with Crippen molar-refractivity contribution in [2.24, 2.45) is 5.41 Å². The van der Waals surface area contributed by atoms with Crippen LogP contribution in [0, 0.1) is 12.3 Å². The van der Waals surface area contributed by atoms with E-state index in [4.69, 9.17) is 9.47 Å². The molecule has 6 nitrogen and oxygen atoms in total. The van der Waals surface area contributed by atoms with E-state index in [0.717, 1.165) is 25.8 Å². The van der Waals surface area contributed by atoms with Gasteiger partial charge in [0.1, 0.15) is 12.7 Å². The molecule has 1 aromatic carbocycles. The third kappa shape index (κ3) is 6.23. The highest BCUT2D eigenvalue weighted by atomic mass is 79.9. The molecule has 0 saturated heterocycles. The van der Waals surface area contributed by atoms with Gasteiger partial charge in [0.25, 0.3) is 0 Å². The minimum atomic E-state index is -0.590. The van der Waals surface area contributed by atoms with Crippen LogP contribution in [0.2, 0.25) is 0 Å². The first kappa shape index (κ1) is 23.8. The van der Waals surface area contributed by atoms with Crippen molar-refractivity contribution in [2.45, 2.75) is 67.1 Å². The number of thiazole rings is 1. The third-order valence-electron chi connectivity index (χ3n) is 3.95. The Bertz CT molecular complexity index is 925. The molecule has 0 aliphatic heterocycles. The van der Waals surface area contributed by atoms with E-state index in [1.807, 2.05) is 54.5 Å². The minimum absolute atomic E-state index is 0.107. The largest absolute Gasteiger partial charge is 0.462 e. The van der Waals surface area contributed by atoms with Crippen molar-refractivity contribution in [3.05, 3.63) is 21.7 Å². The van der Waals surface area contributed by atoms with Crippen LogP contribution in [-0.4, -0.2) is 29.1 Å². The number of nitrogens with zero attached hydrogens (tertiary/aromatic N) is 1. The Balaban J connectivity index is 2.47. The Hall–Kier alpha value is -1.51.